The molecule has 0 spiro atoms. The van der Waals surface area contributed by atoms with Crippen molar-refractivity contribution >= 4 is 28.9 Å². The molecule has 1 aromatic carbocycles. The summed E-state index contributed by atoms with van der Waals surface area (Å²) in [5, 5.41) is 4.87. The Hall–Kier alpha value is -1.19. The van der Waals surface area contributed by atoms with E-state index in [0.717, 1.165) is 28.4 Å². The minimum absolute atomic E-state index is 0.478. The highest BCUT2D eigenvalue weighted by atomic mass is 35.5. The largest absolute Gasteiger partial charge is 0.369 e. The topological polar surface area (TPSA) is 21.1 Å². The molecular formula is C13H15Cl2N3. The van der Waals surface area contributed by atoms with Gasteiger partial charge in [-0.05, 0) is 17.7 Å². The fraction of sp³-hybridized carbons (Fsp3) is 0.308. The van der Waals surface area contributed by atoms with E-state index in [1.54, 1.807) is 4.68 Å². The van der Waals surface area contributed by atoms with Crippen molar-refractivity contribution in [3.05, 3.63) is 46.7 Å². The van der Waals surface area contributed by atoms with E-state index in [9.17, 15) is 0 Å². The Labute approximate surface area is 117 Å². The van der Waals surface area contributed by atoms with Gasteiger partial charge >= 0.3 is 0 Å². The van der Waals surface area contributed by atoms with Crippen LogP contribution in [-0.4, -0.2) is 16.8 Å². The number of alkyl halides is 1. The van der Waals surface area contributed by atoms with Crippen LogP contribution in [0, 0.1) is 0 Å². The number of aromatic nitrogens is 2. The van der Waals surface area contributed by atoms with Gasteiger partial charge in [-0.2, -0.15) is 5.10 Å². The molecule has 0 N–H and O–H groups in total. The van der Waals surface area contributed by atoms with Gasteiger partial charge < -0.3 is 4.90 Å². The summed E-state index contributed by atoms with van der Waals surface area (Å²) in [5.41, 5.74) is 3.17. The number of rotatable bonds is 4. The summed E-state index contributed by atoms with van der Waals surface area (Å²) in [6.07, 6.45) is 3.86. The van der Waals surface area contributed by atoms with Crippen molar-refractivity contribution in [3.63, 3.8) is 0 Å². The Morgan fingerprint density at radius 1 is 1.33 bits per heavy atom. The van der Waals surface area contributed by atoms with Gasteiger partial charge in [0.1, 0.15) is 0 Å². The van der Waals surface area contributed by atoms with Crippen LogP contribution in [0.1, 0.15) is 11.1 Å². The Morgan fingerprint density at radius 3 is 2.67 bits per heavy atom. The molecule has 0 aliphatic carbocycles. The van der Waals surface area contributed by atoms with Gasteiger partial charge in [0, 0.05) is 38.3 Å². The number of aryl methyl sites for hydroxylation is 1. The highest BCUT2D eigenvalue weighted by Crippen LogP contribution is 2.27. The fourth-order valence-electron chi connectivity index (χ4n) is 1.86. The third-order valence-electron chi connectivity index (χ3n) is 2.76. The van der Waals surface area contributed by atoms with E-state index in [1.807, 2.05) is 44.7 Å². The van der Waals surface area contributed by atoms with Gasteiger partial charge in [0.15, 0.2) is 0 Å². The summed E-state index contributed by atoms with van der Waals surface area (Å²) < 4.78 is 1.79. The molecule has 5 heteroatoms. The van der Waals surface area contributed by atoms with Crippen molar-refractivity contribution in [2.24, 2.45) is 7.05 Å². The van der Waals surface area contributed by atoms with E-state index in [0.29, 0.717) is 5.88 Å². The maximum atomic E-state index is 6.25. The summed E-state index contributed by atoms with van der Waals surface area (Å²) in [7, 11) is 3.92. The van der Waals surface area contributed by atoms with Gasteiger partial charge in [-0.3, -0.25) is 4.68 Å². The highest BCUT2D eigenvalue weighted by molar-refractivity contribution is 6.33. The maximum absolute atomic E-state index is 6.25. The second-order valence-corrected chi connectivity index (χ2v) is 4.97. The smallest absolute Gasteiger partial charge is 0.0642 e. The molecule has 0 saturated heterocycles. The van der Waals surface area contributed by atoms with E-state index in [1.165, 1.54) is 0 Å². The van der Waals surface area contributed by atoms with Crippen molar-refractivity contribution in [2.75, 3.05) is 11.9 Å². The maximum Gasteiger partial charge on any atom is 0.0642 e. The molecule has 2 aromatic rings. The second kappa shape index (κ2) is 5.63. The van der Waals surface area contributed by atoms with E-state index < -0.39 is 0 Å². The first kappa shape index (κ1) is 13.2. The van der Waals surface area contributed by atoms with Crippen LogP contribution in [0.15, 0.2) is 30.6 Å². The minimum Gasteiger partial charge on any atom is -0.369 e. The molecule has 0 unspecified atom stereocenters. The number of nitrogens with zero attached hydrogens (tertiary/aromatic N) is 3. The van der Waals surface area contributed by atoms with E-state index >= 15 is 0 Å². The Balaban J connectivity index is 2.15. The SMILES string of the molecule is CN(Cc1cnn(C)c1)c1ccc(CCl)cc1Cl. The molecule has 0 fully saturated rings. The lowest BCUT2D eigenvalue weighted by Crippen LogP contribution is -2.16. The summed E-state index contributed by atoms with van der Waals surface area (Å²) in [4.78, 5) is 2.09. The molecule has 0 saturated carbocycles. The minimum atomic E-state index is 0.478. The predicted molar refractivity (Wildman–Crippen MR) is 76.3 cm³/mol. The number of benzene rings is 1. The predicted octanol–water partition coefficient (Wildman–Crippen LogP) is 3.45. The van der Waals surface area contributed by atoms with Crippen molar-refractivity contribution in [2.45, 2.75) is 12.4 Å². The van der Waals surface area contributed by atoms with Gasteiger partial charge in [-0.1, -0.05) is 17.7 Å². The quantitative estimate of drug-likeness (QED) is 0.802. The molecule has 18 heavy (non-hydrogen) atoms. The lowest BCUT2D eigenvalue weighted by atomic mass is 10.2. The van der Waals surface area contributed by atoms with E-state index in [4.69, 9.17) is 23.2 Å². The van der Waals surface area contributed by atoms with Crippen molar-refractivity contribution in [3.8, 4) is 0 Å². The summed E-state index contributed by atoms with van der Waals surface area (Å²) in [6.45, 7) is 0.772. The van der Waals surface area contributed by atoms with Gasteiger partial charge in [-0.25, -0.2) is 0 Å². The average molecular weight is 284 g/mol. The van der Waals surface area contributed by atoms with Gasteiger partial charge in [-0.15, -0.1) is 11.6 Å². The molecule has 3 nitrogen and oxygen atoms in total. The fourth-order valence-corrected chi connectivity index (χ4v) is 2.37. The Kier molecular flexibility index (Phi) is 4.15. The highest BCUT2D eigenvalue weighted by Gasteiger charge is 2.08. The van der Waals surface area contributed by atoms with Gasteiger partial charge in [0.2, 0.25) is 0 Å². The first-order valence-electron chi connectivity index (χ1n) is 5.63. The molecule has 1 heterocycles. The molecule has 2 rings (SSSR count). The lowest BCUT2D eigenvalue weighted by Gasteiger charge is -2.20. The molecule has 0 radical (unpaired) electrons. The lowest BCUT2D eigenvalue weighted by molar-refractivity contribution is 0.766. The molecule has 0 aliphatic heterocycles. The van der Waals surface area contributed by atoms with Gasteiger partial charge in [0.25, 0.3) is 0 Å². The van der Waals surface area contributed by atoms with Crippen LogP contribution in [-0.2, 0) is 19.5 Å². The summed E-state index contributed by atoms with van der Waals surface area (Å²) in [5.74, 6) is 0.478. The summed E-state index contributed by atoms with van der Waals surface area (Å²) >= 11 is 12.0. The normalized spacial score (nSPS) is 10.7. The number of hydrogen-bond donors (Lipinski definition) is 0. The van der Waals surface area contributed by atoms with Crippen LogP contribution in [0.4, 0.5) is 5.69 Å². The number of anilines is 1. The standard InChI is InChI=1S/C13H15Cl2N3/c1-17(8-11-7-16-18(2)9-11)13-4-3-10(6-14)5-12(13)15/h3-5,7,9H,6,8H2,1-2H3. The van der Waals surface area contributed by atoms with Crippen LogP contribution in [0.2, 0.25) is 5.02 Å². The van der Waals surface area contributed by atoms with E-state index in [2.05, 4.69) is 10.00 Å². The van der Waals surface area contributed by atoms with E-state index in [-0.39, 0.29) is 0 Å². The van der Waals surface area contributed by atoms with Crippen molar-refractivity contribution < 1.29 is 0 Å². The van der Waals surface area contributed by atoms with Crippen LogP contribution in [0.25, 0.3) is 0 Å². The third-order valence-corrected chi connectivity index (χ3v) is 3.37. The van der Waals surface area contributed by atoms with Crippen molar-refractivity contribution in [1.29, 1.82) is 0 Å². The van der Waals surface area contributed by atoms with Crippen LogP contribution in [0.3, 0.4) is 0 Å². The molecule has 0 bridgehead atoms. The molecule has 0 amide bonds. The van der Waals surface area contributed by atoms with Gasteiger partial charge in [0.05, 0.1) is 16.9 Å². The summed E-state index contributed by atoms with van der Waals surface area (Å²) in [6, 6.07) is 5.90. The molecular weight excluding hydrogens is 269 g/mol. The van der Waals surface area contributed by atoms with Crippen LogP contribution in [0.5, 0.6) is 0 Å². The Morgan fingerprint density at radius 2 is 2.11 bits per heavy atom. The number of halogens is 2. The second-order valence-electron chi connectivity index (χ2n) is 4.30. The molecule has 96 valence electrons. The molecule has 0 atom stereocenters. The van der Waals surface area contributed by atoms with Crippen LogP contribution < -0.4 is 4.90 Å². The average Bonchev–Trinajstić information content (AvgIpc) is 2.74. The number of hydrogen-bond acceptors (Lipinski definition) is 2. The first-order chi connectivity index (χ1) is 8.60. The molecule has 1 aromatic heterocycles. The zero-order chi connectivity index (χ0) is 13.1. The zero-order valence-electron chi connectivity index (χ0n) is 10.4. The zero-order valence-corrected chi connectivity index (χ0v) is 11.9. The van der Waals surface area contributed by atoms with Crippen LogP contribution >= 0.6 is 23.2 Å². The third kappa shape index (κ3) is 2.98. The molecule has 0 aliphatic rings. The monoisotopic (exact) mass is 283 g/mol. The Bertz CT molecular complexity index is 537. The van der Waals surface area contributed by atoms with Crippen molar-refractivity contribution in [1.82, 2.24) is 9.78 Å². The first-order valence-corrected chi connectivity index (χ1v) is 6.54.